The SMILES string of the molecule is O=C(Nc1ccc(C(O)Cc2cn(CCCCCC[P+](c3ccccc3)(c3ccccc3)c3ccccc3)nn2)cc1)C(Cl)Cl. The molecule has 9 heteroatoms. The molecular weight excluding hydrogens is 622 g/mol. The molecule has 0 bridgehead atoms. The third kappa shape index (κ3) is 8.59. The minimum atomic E-state index is -1.79. The molecule has 0 fully saturated rings. The summed E-state index contributed by atoms with van der Waals surface area (Å²) in [7, 11) is -1.79. The average molecular weight is 661 g/mol. The van der Waals surface area contributed by atoms with Gasteiger partial charge in [0.2, 0.25) is 0 Å². The van der Waals surface area contributed by atoms with Crippen LogP contribution in [0, 0.1) is 0 Å². The number of aryl methyl sites for hydroxylation is 1. The number of anilines is 1. The van der Waals surface area contributed by atoms with Crippen molar-refractivity contribution < 1.29 is 9.90 Å². The van der Waals surface area contributed by atoms with Crippen LogP contribution in [0.5, 0.6) is 0 Å². The molecule has 0 saturated carbocycles. The van der Waals surface area contributed by atoms with Crippen LogP contribution in [0.25, 0.3) is 0 Å². The first-order valence-corrected chi connectivity index (χ1v) is 18.1. The molecule has 0 radical (unpaired) electrons. The Balaban J connectivity index is 1.14. The summed E-state index contributed by atoms with van der Waals surface area (Å²) < 4.78 is 1.87. The van der Waals surface area contributed by atoms with E-state index in [0.717, 1.165) is 49.6 Å². The van der Waals surface area contributed by atoms with Crippen molar-refractivity contribution in [3.8, 4) is 0 Å². The Hall–Kier alpha value is -3.54. The number of halogens is 2. The zero-order valence-corrected chi connectivity index (χ0v) is 27.5. The van der Waals surface area contributed by atoms with Gasteiger partial charge < -0.3 is 10.4 Å². The van der Waals surface area contributed by atoms with Gasteiger partial charge in [0.15, 0.2) is 4.84 Å². The maximum atomic E-state index is 11.7. The van der Waals surface area contributed by atoms with Gasteiger partial charge in [-0.1, -0.05) is 102 Å². The standard InChI is InChI=1S/C36H37Cl2N4O2P/c37-35(38)36(44)39-29-22-20-28(21-23-29)34(43)26-30-27-42(41-40-30)24-12-1-2-13-25-45(31-14-6-3-7-15-31,32-16-8-4-9-17-32)33-18-10-5-11-19-33/h3-11,14-23,27,34-35,43H,1-2,12-13,24-26H2/p+1. The van der Waals surface area contributed by atoms with Crippen LogP contribution in [0.1, 0.15) is 43.0 Å². The van der Waals surface area contributed by atoms with Crippen molar-refractivity contribution in [1.82, 2.24) is 15.0 Å². The van der Waals surface area contributed by atoms with E-state index in [-0.39, 0.29) is 0 Å². The second-order valence-electron chi connectivity index (χ2n) is 11.1. The molecule has 4 aromatic carbocycles. The van der Waals surface area contributed by atoms with E-state index in [1.54, 1.807) is 24.3 Å². The summed E-state index contributed by atoms with van der Waals surface area (Å²) in [5.74, 6) is -0.496. The van der Waals surface area contributed by atoms with Gasteiger partial charge in [0.05, 0.1) is 18.0 Å². The number of alkyl halides is 2. The molecule has 0 aliphatic rings. The molecule has 5 aromatic rings. The molecule has 0 saturated heterocycles. The molecule has 1 atom stereocenters. The Morgan fingerprint density at radius 2 is 1.29 bits per heavy atom. The van der Waals surface area contributed by atoms with E-state index in [4.69, 9.17) is 23.2 Å². The lowest BCUT2D eigenvalue weighted by atomic mass is 10.0. The van der Waals surface area contributed by atoms with E-state index in [0.29, 0.717) is 12.1 Å². The first kappa shape index (κ1) is 32.8. The molecule has 5 rings (SSSR count). The van der Waals surface area contributed by atoms with Crippen LogP contribution in [0.15, 0.2) is 121 Å². The Labute approximate surface area is 275 Å². The van der Waals surface area contributed by atoms with Gasteiger partial charge in [-0.05, 0) is 73.4 Å². The van der Waals surface area contributed by atoms with Crippen molar-refractivity contribution in [2.75, 3.05) is 11.5 Å². The number of nitrogens with one attached hydrogen (secondary N) is 1. The van der Waals surface area contributed by atoms with Crippen LogP contribution in [0.2, 0.25) is 0 Å². The number of unbranched alkanes of at least 4 members (excludes halogenated alkanes) is 3. The van der Waals surface area contributed by atoms with Gasteiger partial charge >= 0.3 is 0 Å². The number of benzene rings is 4. The third-order valence-electron chi connectivity index (χ3n) is 7.97. The number of hydrogen-bond donors (Lipinski definition) is 2. The van der Waals surface area contributed by atoms with Crippen LogP contribution in [0.3, 0.4) is 0 Å². The van der Waals surface area contributed by atoms with E-state index in [2.05, 4.69) is 107 Å². The van der Waals surface area contributed by atoms with Gasteiger partial charge in [0.25, 0.3) is 5.91 Å². The topological polar surface area (TPSA) is 80.0 Å². The van der Waals surface area contributed by atoms with Crippen molar-refractivity contribution in [2.24, 2.45) is 0 Å². The summed E-state index contributed by atoms with van der Waals surface area (Å²) in [6.45, 7) is 0.788. The fourth-order valence-electron chi connectivity index (χ4n) is 5.70. The lowest BCUT2D eigenvalue weighted by molar-refractivity contribution is -0.114. The highest BCUT2D eigenvalue weighted by atomic mass is 35.5. The number of nitrogens with zero attached hydrogens (tertiary/aromatic N) is 3. The Morgan fingerprint density at radius 1 is 0.756 bits per heavy atom. The summed E-state index contributed by atoms with van der Waals surface area (Å²) >= 11 is 11.2. The van der Waals surface area contributed by atoms with Gasteiger partial charge in [-0.15, -0.1) is 5.10 Å². The molecule has 2 N–H and O–H groups in total. The predicted octanol–water partition coefficient (Wildman–Crippen LogP) is 6.85. The number of aliphatic hydroxyl groups is 1. The highest BCUT2D eigenvalue weighted by Crippen LogP contribution is 2.56. The zero-order valence-electron chi connectivity index (χ0n) is 25.1. The number of carbonyl (C=O) groups excluding carboxylic acids is 1. The number of amides is 1. The smallest absolute Gasteiger partial charge is 0.257 e. The lowest BCUT2D eigenvalue weighted by Crippen LogP contribution is -2.33. The lowest BCUT2D eigenvalue weighted by Gasteiger charge is -2.27. The predicted molar refractivity (Wildman–Crippen MR) is 188 cm³/mol. The Bertz CT molecular complexity index is 1520. The normalized spacial score (nSPS) is 12.3. The molecule has 0 aliphatic carbocycles. The number of rotatable bonds is 15. The third-order valence-corrected chi connectivity index (χ3v) is 12.9. The fourth-order valence-corrected chi connectivity index (χ4v) is 10.2. The Kier molecular flexibility index (Phi) is 11.8. The van der Waals surface area contributed by atoms with Crippen molar-refractivity contribution in [3.63, 3.8) is 0 Å². The average Bonchev–Trinajstić information content (AvgIpc) is 3.53. The molecule has 45 heavy (non-hydrogen) atoms. The van der Waals surface area contributed by atoms with Gasteiger partial charge in [-0.25, -0.2) is 0 Å². The molecule has 1 unspecified atom stereocenters. The van der Waals surface area contributed by atoms with Crippen LogP contribution < -0.4 is 21.2 Å². The van der Waals surface area contributed by atoms with Crippen molar-refractivity contribution in [3.05, 3.63) is 133 Å². The van der Waals surface area contributed by atoms with Crippen molar-refractivity contribution in [1.29, 1.82) is 0 Å². The van der Waals surface area contributed by atoms with Gasteiger partial charge in [0.1, 0.15) is 23.2 Å². The monoisotopic (exact) mass is 659 g/mol. The molecule has 0 aliphatic heterocycles. The maximum absolute atomic E-state index is 11.7. The minimum absolute atomic E-state index is 0.349. The van der Waals surface area contributed by atoms with E-state index in [1.165, 1.54) is 15.9 Å². The van der Waals surface area contributed by atoms with E-state index >= 15 is 0 Å². The molecule has 1 heterocycles. The molecular formula is C36H38Cl2N4O2P+. The Morgan fingerprint density at radius 3 is 1.82 bits per heavy atom. The largest absolute Gasteiger partial charge is 0.388 e. The fraction of sp³-hybridized carbons (Fsp3) is 0.250. The summed E-state index contributed by atoms with van der Waals surface area (Å²) in [5, 5.41) is 26.2. The van der Waals surface area contributed by atoms with E-state index in [9.17, 15) is 9.90 Å². The van der Waals surface area contributed by atoms with E-state index < -0.39 is 24.1 Å². The highest BCUT2D eigenvalue weighted by molar-refractivity contribution is 7.95. The summed E-state index contributed by atoms with van der Waals surface area (Å²) in [5.41, 5.74) is 2.01. The first-order valence-electron chi connectivity index (χ1n) is 15.3. The molecule has 1 amide bonds. The van der Waals surface area contributed by atoms with Crippen LogP contribution in [0.4, 0.5) is 5.69 Å². The second-order valence-corrected chi connectivity index (χ2v) is 15.8. The van der Waals surface area contributed by atoms with Crippen LogP contribution in [-0.2, 0) is 17.8 Å². The van der Waals surface area contributed by atoms with Gasteiger partial charge in [0, 0.05) is 24.8 Å². The quantitative estimate of drug-likeness (QED) is 0.0732. The number of aliphatic hydroxyl groups excluding tert-OH is 1. The maximum Gasteiger partial charge on any atom is 0.257 e. The molecule has 232 valence electrons. The van der Waals surface area contributed by atoms with Crippen molar-refractivity contribution in [2.45, 2.75) is 49.6 Å². The minimum Gasteiger partial charge on any atom is -0.388 e. The summed E-state index contributed by atoms with van der Waals surface area (Å²) in [6, 6.07) is 40.1. The zero-order chi connectivity index (χ0) is 31.5. The number of carbonyl (C=O) groups is 1. The van der Waals surface area contributed by atoms with Crippen molar-refractivity contribution >= 4 is 58.0 Å². The van der Waals surface area contributed by atoms with Gasteiger partial charge in [-0.3, -0.25) is 9.48 Å². The highest BCUT2D eigenvalue weighted by Gasteiger charge is 2.44. The molecule has 6 nitrogen and oxygen atoms in total. The first-order chi connectivity index (χ1) is 22.0. The van der Waals surface area contributed by atoms with Crippen LogP contribution >= 0.6 is 30.5 Å². The van der Waals surface area contributed by atoms with Gasteiger partial charge in [-0.2, -0.15) is 0 Å². The van der Waals surface area contributed by atoms with Crippen LogP contribution in [-0.4, -0.2) is 37.0 Å². The molecule has 0 spiro atoms. The second kappa shape index (κ2) is 16.1. The summed E-state index contributed by atoms with van der Waals surface area (Å²) in [6.07, 6.45) is 7.05. The number of aromatic nitrogens is 3. The number of hydrogen-bond acceptors (Lipinski definition) is 4. The molecule has 1 aromatic heterocycles. The van der Waals surface area contributed by atoms with E-state index in [1.807, 2.05) is 10.9 Å². The summed E-state index contributed by atoms with van der Waals surface area (Å²) in [4.78, 5) is 10.5.